The Morgan fingerprint density at radius 3 is 2.82 bits per heavy atom. The molecule has 1 aromatic heterocycles. The lowest BCUT2D eigenvalue weighted by Crippen LogP contribution is -2.04. The van der Waals surface area contributed by atoms with E-state index in [9.17, 15) is 4.79 Å². The lowest BCUT2D eigenvalue weighted by atomic mass is 10.1. The first-order valence-electron chi connectivity index (χ1n) is 5.09. The molecule has 0 spiro atoms. The molecular formula is C12H14ClNO3. The topological polar surface area (TPSA) is 65.5 Å². The van der Waals surface area contributed by atoms with Gasteiger partial charge in [0, 0.05) is 16.6 Å². The second-order valence-electron chi connectivity index (χ2n) is 3.53. The predicted molar refractivity (Wildman–Crippen MR) is 68.6 cm³/mol. The minimum absolute atomic E-state index is 0. The van der Waals surface area contributed by atoms with Crippen molar-refractivity contribution in [3.05, 3.63) is 29.5 Å². The lowest BCUT2D eigenvalue weighted by Gasteiger charge is -1.97. The number of nitrogens with two attached hydrogens (primary N) is 1. The molecule has 2 aromatic rings. The van der Waals surface area contributed by atoms with E-state index in [0.717, 1.165) is 10.9 Å². The number of fused-ring (bicyclic) bond motifs is 1. The van der Waals surface area contributed by atoms with Gasteiger partial charge in [0.2, 0.25) is 5.76 Å². The van der Waals surface area contributed by atoms with Crippen molar-refractivity contribution < 1.29 is 13.9 Å². The van der Waals surface area contributed by atoms with Crippen molar-refractivity contribution in [2.45, 2.75) is 13.8 Å². The number of hydrogen-bond acceptors (Lipinski definition) is 4. The highest BCUT2D eigenvalue weighted by atomic mass is 35.5. The van der Waals surface area contributed by atoms with Crippen molar-refractivity contribution in [3.8, 4) is 0 Å². The Kier molecular flexibility index (Phi) is 4.02. The van der Waals surface area contributed by atoms with Gasteiger partial charge in [-0.15, -0.1) is 12.4 Å². The molecule has 17 heavy (non-hydrogen) atoms. The molecule has 0 aliphatic heterocycles. The zero-order valence-corrected chi connectivity index (χ0v) is 10.5. The van der Waals surface area contributed by atoms with Crippen LogP contribution in [0.4, 0.5) is 5.69 Å². The molecule has 4 nitrogen and oxygen atoms in total. The lowest BCUT2D eigenvalue weighted by molar-refractivity contribution is 0.0491. The summed E-state index contributed by atoms with van der Waals surface area (Å²) >= 11 is 0. The summed E-state index contributed by atoms with van der Waals surface area (Å²) in [6, 6.07) is 5.28. The molecule has 0 bridgehead atoms. The summed E-state index contributed by atoms with van der Waals surface area (Å²) in [5.41, 5.74) is 7.74. The number of carbonyl (C=O) groups is 1. The Morgan fingerprint density at radius 1 is 1.47 bits per heavy atom. The molecule has 0 atom stereocenters. The van der Waals surface area contributed by atoms with Crippen LogP contribution in [-0.2, 0) is 4.74 Å². The molecule has 5 heteroatoms. The molecule has 0 saturated heterocycles. The van der Waals surface area contributed by atoms with E-state index in [1.54, 1.807) is 25.1 Å². The van der Waals surface area contributed by atoms with Crippen LogP contribution >= 0.6 is 12.4 Å². The highest BCUT2D eigenvalue weighted by molar-refractivity contribution is 5.96. The van der Waals surface area contributed by atoms with E-state index in [0.29, 0.717) is 17.9 Å². The number of benzene rings is 1. The summed E-state index contributed by atoms with van der Waals surface area (Å²) in [6.45, 7) is 3.91. The van der Waals surface area contributed by atoms with Gasteiger partial charge in [0.25, 0.3) is 0 Å². The summed E-state index contributed by atoms with van der Waals surface area (Å²) in [4.78, 5) is 11.6. The summed E-state index contributed by atoms with van der Waals surface area (Å²) in [7, 11) is 0. The van der Waals surface area contributed by atoms with Crippen molar-refractivity contribution in [2.75, 3.05) is 12.3 Å². The van der Waals surface area contributed by atoms with Gasteiger partial charge in [-0.05, 0) is 32.0 Å². The van der Waals surface area contributed by atoms with Crippen LogP contribution in [0.3, 0.4) is 0 Å². The smallest absolute Gasteiger partial charge is 0.374 e. The monoisotopic (exact) mass is 255 g/mol. The summed E-state index contributed by atoms with van der Waals surface area (Å²) in [6.07, 6.45) is 0. The molecule has 2 N–H and O–H groups in total. The third-order valence-electron chi connectivity index (χ3n) is 2.42. The van der Waals surface area contributed by atoms with Gasteiger partial charge in [-0.25, -0.2) is 4.79 Å². The van der Waals surface area contributed by atoms with Crippen LogP contribution in [0.15, 0.2) is 22.6 Å². The number of ether oxygens (including phenoxy) is 1. The molecular weight excluding hydrogens is 242 g/mol. The maximum Gasteiger partial charge on any atom is 0.374 e. The largest absolute Gasteiger partial charge is 0.460 e. The molecule has 1 heterocycles. The maximum atomic E-state index is 11.6. The normalized spacial score (nSPS) is 10.0. The van der Waals surface area contributed by atoms with E-state index in [2.05, 4.69) is 0 Å². The number of anilines is 1. The first kappa shape index (κ1) is 13.4. The molecule has 2 rings (SSSR count). The third-order valence-corrected chi connectivity index (χ3v) is 2.42. The van der Waals surface area contributed by atoms with Crippen LogP contribution in [0.5, 0.6) is 0 Å². The number of esters is 1. The highest BCUT2D eigenvalue weighted by Crippen LogP contribution is 2.27. The van der Waals surface area contributed by atoms with Crippen molar-refractivity contribution in [3.63, 3.8) is 0 Å². The van der Waals surface area contributed by atoms with Crippen molar-refractivity contribution >= 4 is 35.0 Å². The average Bonchev–Trinajstić information content (AvgIpc) is 2.57. The number of hydrogen-bond donors (Lipinski definition) is 1. The maximum absolute atomic E-state index is 11.6. The number of halogens is 1. The van der Waals surface area contributed by atoms with Gasteiger partial charge in [-0.3, -0.25) is 0 Å². The number of furan rings is 1. The minimum Gasteiger partial charge on any atom is -0.460 e. The first-order valence-corrected chi connectivity index (χ1v) is 5.09. The fourth-order valence-corrected chi connectivity index (χ4v) is 1.63. The Hall–Kier alpha value is -1.68. The standard InChI is InChI=1S/C12H13NO3.ClH/c1-3-15-12(14)11-7(2)9-6-8(13)4-5-10(9)16-11;/h4-6H,3,13H2,1-2H3;1H. The number of rotatable bonds is 2. The number of carbonyl (C=O) groups excluding carboxylic acids is 1. The fraction of sp³-hybridized carbons (Fsp3) is 0.250. The Bertz CT molecular complexity index is 548. The van der Waals surface area contributed by atoms with Crippen molar-refractivity contribution in [2.24, 2.45) is 0 Å². The zero-order chi connectivity index (χ0) is 11.7. The second-order valence-corrected chi connectivity index (χ2v) is 3.53. The molecule has 1 aromatic carbocycles. The van der Waals surface area contributed by atoms with Crippen LogP contribution < -0.4 is 5.73 Å². The average molecular weight is 256 g/mol. The Balaban J connectivity index is 0.00000144. The van der Waals surface area contributed by atoms with Gasteiger partial charge in [0.1, 0.15) is 5.58 Å². The van der Waals surface area contributed by atoms with E-state index in [4.69, 9.17) is 14.9 Å². The molecule has 0 unspecified atom stereocenters. The molecule has 0 aliphatic carbocycles. The van der Waals surface area contributed by atoms with Gasteiger partial charge < -0.3 is 14.9 Å². The van der Waals surface area contributed by atoms with Crippen LogP contribution in [0, 0.1) is 6.92 Å². The zero-order valence-electron chi connectivity index (χ0n) is 9.65. The van der Waals surface area contributed by atoms with Crippen LogP contribution in [-0.4, -0.2) is 12.6 Å². The van der Waals surface area contributed by atoms with Gasteiger partial charge in [0.05, 0.1) is 6.61 Å². The number of nitrogen functional groups attached to an aromatic ring is 1. The number of aryl methyl sites for hydroxylation is 1. The van der Waals surface area contributed by atoms with Crippen molar-refractivity contribution in [1.82, 2.24) is 0 Å². The Labute approximate surface area is 105 Å². The molecule has 92 valence electrons. The molecule has 0 radical (unpaired) electrons. The predicted octanol–water partition coefficient (Wildman–Crippen LogP) is 2.92. The molecule has 0 amide bonds. The van der Waals surface area contributed by atoms with Gasteiger partial charge >= 0.3 is 5.97 Å². The van der Waals surface area contributed by atoms with Crippen LogP contribution in [0.25, 0.3) is 11.0 Å². The van der Waals surface area contributed by atoms with Crippen LogP contribution in [0.1, 0.15) is 23.0 Å². The van der Waals surface area contributed by atoms with Gasteiger partial charge in [0.15, 0.2) is 0 Å². The first-order chi connectivity index (χ1) is 7.63. The van der Waals surface area contributed by atoms with Crippen LogP contribution in [0.2, 0.25) is 0 Å². The molecule has 0 aliphatic rings. The summed E-state index contributed by atoms with van der Waals surface area (Å²) < 4.78 is 10.3. The molecule has 0 fully saturated rings. The minimum atomic E-state index is -0.435. The Morgan fingerprint density at radius 2 is 2.18 bits per heavy atom. The van der Waals surface area contributed by atoms with E-state index in [1.807, 2.05) is 6.92 Å². The highest BCUT2D eigenvalue weighted by Gasteiger charge is 2.18. The summed E-state index contributed by atoms with van der Waals surface area (Å²) in [5, 5.41) is 0.850. The van der Waals surface area contributed by atoms with E-state index in [-0.39, 0.29) is 18.2 Å². The van der Waals surface area contributed by atoms with E-state index >= 15 is 0 Å². The molecule has 0 saturated carbocycles. The third kappa shape index (κ3) is 2.36. The van der Waals surface area contributed by atoms with E-state index < -0.39 is 5.97 Å². The van der Waals surface area contributed by atoms with E-state index in [1.165, 1.54) is 0 Å². The fourth-order valence-electron chi connectivity index (χ4n) is 1.63. The van der Waals surface area contributed by atoms with Gasteiger partial charge in [-0.2, -0.15) is 0 Å². The SMILES string of the molecule is CCOC(=O)c1oc2ccc(N)cc2c1C.Cl. The van der Waals surface area contributed by atoms with Crippen molar-refractivity contribution in [1.29, 1.82) is 0 Å². The summed E-state index contributed by atoms with van der Waals surface area (Å²) in [5.74, 6) is -0.183. The van der Waals surface area contributed by atoms with Gasteiger partial charge in [-0.1, -0.05) is 0 Å². The second kappa shape index (κ2) is 5.10. The quantitative estimate of drug-likeness (QED) is 0.662.